The van der Waals surface area contributed by atoms with Crippen molar-refractivity contribution in [1.29, 1.82) is 0 Å². The average Bonchev–Trinajstić information content (AvgIpc) is 3.42. The van der Waals surface area contributed by atoms with Crippen LogP contribution in [-0.4, -0.2) is 35.3 Å². The van der Waals surface area contributed by atoms with E-state index >= 15 is 0 Å². The van der Waals surface area contributed by atoms with E-state index in [1.165, 1.54) is 9.80 Å². The van der Waals surface area contributed by atoms with E-state index in [0.717, 1.165) is 17.6 Å². The Bertz CT molecular complexity index is 1750. The average molecular weight is 605 g/mol. The lowest BCUT2D eigenvalue weighted by Gasteiger charge is -2.49. The van der Waals surface area contributed by atoms with Crippen molar-refractivity contribution in [1.82, 2.24) is 0 Å². The van der Waals surface area contributed by atoms with E-state index < -0.39 is 35.0 Å². The normalized spacial score (nSPS) is 29.0. The molecule has 45 heavy (non-hydrogen) atoms. The molecule has 2 aliphatic heterocycles. The Hall–Kier alpha value is -4.72. The molecule has 2 saturated heterocycles. The van der Waals surface area contributed by atoms with E-state index in [9.17, 15) is 24.3 Å². The van der Waals surface area contributed by atoms with Gasteiger partial charge in [0.15, 0.2) is 11.5 Å². The summed E-state index contributed by atoms with van der Waals surface area (Å²) in [5.74, 6) is -4.19. The third-order valence-corrected chi connectivity index (χ3v) is 10.5. The second-order valence-electron chi connectivity index (χ2n) is 12.7. The molecule has 4 amide bonds. The van der Waals surface area contributed by atoms with Crippen LogP contribution in [0.15, 0.2) is 84.4 Å². The number of nitrogens with zero attached hydrogens (tertiary/aromatic N) is 2. The molecule has 3 fully saturated rings. The van der Waals surface area contributed by atoms with Crippen LogP contribution in [0.1, 0.15) is 50.7 Å². The van der Waals surface area contributed by atoms with Crippen LogP contribution in [0, 0.1) is 29.1 Å². The van der Waals surface area contributed by atoms with Gasteiger partial charge in [0.2, 0.25) is 23.6 Å². The van der Waals surface area contributed by atoms with E-state index in [4.69, 9.17) is 4.74 Å². The number of anilines is 2. The fraction of sp³-hybridized carbons (Fsp3) is 0.351. The molecular weight excluding hydrogens is 568 g/mol. The van der Waals surface area contributed by atoms with Gasteiger partial charge in [0.25, 0.3) is 0 Å². The van der Waals surface area contributed by atoms with Crippen LogP contribution < -0.4 is 14.5 Å². The highest BCUT2D eigenvalue weighted by Gasteiger charge is 2.68. The second-order valence-corrected chi connectivity index (χ2v) is 12.7. The summed E-state index contributed by atoms with van der Waals surface area (Å²) >= 11 is 0. The van der Waals surface area contributed by atoms with Crippen LogP contribution in [0.25, 0.3) is 0 Å². The minimum Gasteiger partial charge on any atom is -0.504 e. The number of fused-ring (bicyclic) bond motifs is 4. The fourth-order valence-corrected chi connectivity index (χ4v) is 8.36. The number of hydrogen-bond donors (Lipinski definition) is 1. The molecule has 0 bridgehead atoms. The van der Waals surface area contributed by atoms with Crippen LogP contribution in [0.2, 0.25) is 0 Å². The molecule has 6 unspecified atom stereocenters. The number of phenolic OH excluding ortho intramolecular Hbond substituents is 1. The van der Waals surface area contributed by atoms with E-state index in [-0.39, 0.29) is 41.5 Å². The highest BCUT2D eigenvalue weighted by Crippen LogP contribution is 2.64. The zero-order chi connectivity index (χ0) is 31.6. The van der Waals surface area contributed by atoms with Crippen molar-refractivity contribution in [3.05, 3.63) is 95.6 Å². The van der Waals surface area contributed by atoms with Gasteiger partial charge in [-0.2, -0.15) is 0 Å². The molecular formula is C37H36N2O6. The maximum Gasteiger partial charge on any atom is 0.241 e. The number of amides is 4. The first-order valence-corrected chi connectivity index (χ1v) is 15.8. The zero-order valence-electron chi connectivity index (χ0n) is 25.6. The number of benzene rings is 3. The van der Waals surface area contributed by atoms with Crippen molar-refractivity contribution in [3.8, 4) is 11.5 Å². The third-order valence-electron chi connectivity index (χ3n) is 10.5. The Kier molecular flexibility index (Phi) is 6.91. The van der Waals surface area contributed by atoms with Gasteiger partial charge < -0.3 is 9.84 Å². The van der Waals surface area contributed by atoms with E-state index in [2.05, 4.69) is 0 Å². The zero-order valence-corrected chi connectivity index (χ0v) is 25.6. The molecule has 2 heterocycles. The molecule has 3 aromatic rings. The number of carbonyl (C=O) groups is 4. The number of ether oxygens (including phenoxy) is 1. The van der Waals surface area contributed by atoms with Gasteiger partial charge in [-0.15, -0.1) is 0 Å². The van der Waals surface area contributed by atoms with Gasteiger partial charge in [-0.1, -0.05) is 61.0 Å². The standard InChI is InChI=1S/C37H36N2O6/c1-4-21-14-16-23(17-15-21)38-33(41)25-19-18-24-27(30(25)35(38)43)20-28-34(42)39(22-10-7-6-8-11-22)36(44)37(28,3)31(24)26-12-9-13-29(32(26)40)45-5-2/h6-18,25,27-28,30-31,40H,4-5,19-20H2,1-3H3. The molecule has 2 aliphatic carbocycles. The van der Waals surface area contributed by atoms with Crippen molar-refractivity contribution in [3.63, 3.8) is 0 Å². The van der Waals surface area contributed by atoms with Crippen LogP contribution in [0.5, 0.6) is 11.5 Å². The second kappa shape index (κ2) is 10.7. The Balaban J connectivity index is 1.37. The van der Waals surface area contributed by atoms with E-state index in [0.29, 0.717) is 30.0 Å². The molecule has 0 aromatic heterocycles. The molecule has 7 rings (SSSR count). The maximum absolute atomic E-state index is 14.5. The smallest absolute Gasteiger partial charge is 0.241 e. The molecule has 230 valence electrons. The predicted molar refractivity (Wildman–Crippen MR) is 169 cm³/mol. The van der Waals surface area contributed by atoms with Crippen LogP contribution in [0.3, 0.4) is 0 Å². The summed E-state index contributed by atoms with van der Waals surface area (Å²) in [7, 11) is 0. The minimum atomic E-state index is -1.24. The lowest BCUT2D eigenvalue weighted by molar-refractivity contribution is -0.131. The van der Waals surface area contributed by atoms with Gasteiger partial charge in [-0.05, 0) is 74.9 Å². The predicted octanol–water partition coefficient (Wildman–Crippen LogP) is 5.79. The Morgan fingerprint density at radius 1 is 0.822 bits per heavy atom. The van der Waals surface area contributed by atoms with Crippen molar-refractivity contribution >= 4 is 35.0 Å². The Morgan fingerprint density at radius 3 is 2.22 bits per heavy atom. The maximum atomic E-state index is 14.5. The quantitative estimate of drug-likeness (QED) is 0.282. The van der Waals surface area contributed by atoms with Crippen LogP contribution in [-0.2, 0) is 25.6 Å². The SMILES string of the molecule is CCOc1cccc(C2C3=CCC4C(=O)N(c5ccc(CC)cc5)C(=O)C4C3CC3C(=O)N(c4ccccc4)C(=O)C32C)c1O. The summed E-state index contributed by atoms with van der Waals surface area (Å²) in [6, 6.07) is 21.6. The molecule has 1 saturated carbocycles. The summed E-state index contributed by atoms with van der Waals surface area (Å²) < 4.78 is 5.73. The number of rotatable bonds is 6. The summed E-state index contributed by atoms with van der Waals surface area (Å²) in [6.45, 7) is 6.02. The largest absolute Gasteiger partial charge is 0.504 e. The number of aryl methyl sites for hydroxylation is 1. The first-order valence-electron chi connectivity index (χ1n) is 15.8. The van der Waals surface area contributed by atoms with E-state index in [1.54, 1.807) is 42.5 Å². The van der Waals surface area contributed by atoms with Gasteiger partial charge in [-0.3, -0.25) is 24.1 Å². The van der Waals surface area contributed by atoms with E-state index in [1.807, 2.05) is 57.2 Å². The number of hydrogen-bond acceptors (Lipinski definition) is 6. The van der Waals surface area contributed by atoms with Gasteiger partial charge in [0, 0.05) is 11.5 Å². The first kappa shape index (κ1) is 29.0. The molecule has 4 aliphatic rings. The highest BCUT2D eigenvalue weighted by atomic mass is 16.5. The molecule has 1 N–H and O–H groups in total. The summed E-state index contributed by atoms with van der Waals surface area (Å²) in [5.41, 5.74) is 2.18. The van der Waals surface area contributed by atoms with Crippen molar-refractivity contribution in [2.75, 3.05) is 16.4 Å². The number of carbonyl (C=O) groups excluding carboxylic acids is 4. The third kappa shape index (κ3) is 4.11. The lowest BCUT2D eigenvalue weighted by Crippen LogP contribution is -2.48. The number of imide groups is 2. The topological polar surface area (TPSA) is 104 Å². The first-order chi connectivity index (χ1) is 21.7. The monoisotopic (exact) mass is 604 g/mol. The van der Waals surface area contributed by atoms with Gasteiger partial charge in [0.1, 0.15) is 0 Å². The summed E-state index contributed by atoms with van der Waals surface area (Å²) in [6.07, 6.45) is 3.41. The lowest BCUT2D eigenvalue weighted by atomic mass is 9.51. The van der Waals surface area contributed by atoms with Crippen molar-refractivity contribution < 1.29 is 29.0 Å². The molecule has 0 spiro atoms. The molecule has 0 radical (unpaired) electrons. The Labute approximate surface area is 262 Å². The fourth-order valence-electron chi connectivity index (χ4n) is 8.36. The van der Waals surface area contributed by atoms with Gasteiger partial charge in [0.05, 0.1) is 41.2 Å². The number of para-hydroxylation sites is 2. The minimum absolute atomic E-state index is 0.0853. The number of allylic oxidation sites excluding steroid dienone is 2. The van der Waals surface area contributed by atoms with Crippen molar-refractivity contribution in [2.24, 2.45) is 29.1 Å². The Morgan fingerprint density at radius 2 is 1.53 bits per heavy atom. The summed E-state index contributed by atoms with van der Waals surface area (Å²) in [5, 5.41) is 11.6. The number of aromatic hydroxyl groups is 1. The highest BCUT2D eigenvalue weighted by molar-refractivity contribution is 6.25. The summed E-state index contributed by atoms with van der Waals surface area (Å²) in [4.78, 5) is 59.5. The molecule has 8 heteroatoms. The van der Waals surface area contributed by atoms with Gasteiger partial charge >= 0.3 is 0 Å². The van der Waals surface area contributed by atoms with Crippen LogP contribution in [0.4, 0.5) is 11.4 Å². The van der Waals surface area contributed by atoms with Crippen LogP contribution >= 0.6 is 0 Å². The van der Waals surface area contributed by atoms with Gasteiger partial charge in [-0.25, -0.2) is 4.90 Å². The molecule has 6 atom stereocenters. The molecule has 8 nitrogen and oxygen atoms in total. The molecule has 3 aromatic carbocycles. The number of phenols is 1. The van der Waals surface area contributed by atoms with Crippen molar-refractivity contribution in [2.45, 2.75) is 46.0 Å².